The van der Waals surface area contributed by atoms with Crippen LogP contribution in [0.5, 0.6) is 5.75 Å². The molecule has 1 amide bonds. The topological polar surface area (TPSA) is 61.4 Å². The van der Waals surface area contributed by atoms with Crippen molar-refractivity contribution in [3.63, 3.8) is 0 Å². The van der Waals surface area contributed by atoms with E-state index in [1.807, 2.05) is 13.8 Å². The fraction of sp³-hybridized carbons (Fsp3) is 0.533. The minimum atomic E-state index is -0.481. The summed E-state index contributed by atoms with van der Waals surface area (Å²) >= 11 is 0. The predicted octanol–water partition coefficient (Wildman–Crippen LogP) is 2.34. The lowest BCUT2D eigenvalue weighted by atomic mass is 10.0. The molecule has 0 saturated heterocycles. The second kappa shape index (κ2) is 7.24. The number of benzene rings is 1. The summed E-state index contributed by atoms with van der Waals surface area (Å²) in [6.07, 6.45) is 0.670. The van der Waals surface area contributed by atoms with Crippen LogP contribution >= 0.6 is 0 Å². The molecule has 2 atom stereocenters. The van der Waals surface area contributed by atoms with Crippen molar-refractivity contribution in [1.82, 2.24) is 10.6 Å². The Morgan fingerprint density at radius 1 is 1.35 bits per heavy atom. The number of phenolic OH excluding ortho intramolecular Hbond substituents is 1. The van der Waals surface area contributed by atoms with Crippen LogP contribution in [0.2, 0.25) is 0 Å². The Bertz CT molecular complexity index is 463. The summed E-state index contributed by atoms with van der Waals surface area (Å²) in [7, 11) is 1.59. The lowest BCUT2D eigenvalue weighted by molar-refractivity contribution is -0.123. The van der Waals surface area contributed by atoms with E-state index in [2.05, 4.69) is 10.6 Å². The van der Waals surface area contributed by atoms with Crippen LogP contribution in [0.4, 0.5) is 4.39 Å². The van der Waals surface area contributed by atoms with E-state index in [-0.39, 0.29) is 23.7 Å². The number of likely N-dealkylation sites (N-methyl/N-ethyl adjacent to an activating group) is 1. The average Bonchev–Trinajstić information content (AvgIpc) is 2.36. The molecule has 1 aromatic rings. The van der Waals surface area contributed by atoms with Gasteiger partial charge in [-0.15, -0.1) is 0 Å². The monoisotopic (exact) mass is 282 g/mol. The van der Waals surface area contributed by atoms with Crippen LogP contribution in [-0.4, -0.2) is 24.1 Å². The minimum absolute atomic E-state index is 0.107. The van der Waals surface area contributed by atoms with Gasteiger partial charge in [0.05, 0.1) is 6.04 Å². The summed E-state index contributed by atoms with van der Waals surface area (Å²) in [5.41, 5.74) is 0.431. The Kier molecular flexibility index (Phi) is 5.95. The van der Waals surface area contributed by atoms with Gasteiger partial charge in [0.1, 0.15) is 11.6 Å². The zero-order valence-electron chi connectivity index (χ0n) is 12.4. The summed E-state index contributed by atoms with van der Waals surface area (Å²) < 4.78 is 13.8. The van der Waals surface area contributed by atoms with Gasteiger partial charge in [-0.25, -0.2) is 4.39 Å². The number of hydrogen-bond donors (Lipinski definition) is 3. The van der Waals surface area contributed by atoms with E-state index in [0.29, 0.717) is 17.9 Å². The van der Waals surface area contributed by atoms with Crippen LogP contribution in [0.1, 0.15) is 38.8 Å². The van der Waals surface area contributed by atoms with E-state index in [1.54, 1.807) is 14.0 Å². The highest BCUT2D eigenvalue weighted by atomic mass is 19.1. The molecular formula is C15H23FN2O2. The largest absolute Gasteiger partial charge is 0.508 e. The molecule has 0 radical (unpaired) electrons. The normalized spacial score (nSPS) is 14.1. The number of halogens is 1. The minimum Gasteiger partial charge on any atom is -0.508 e. The van der Waals surface area contributed by atoms with Crippen molar-refractivity contribution in [2.75, 3.05) is 7.05 Å². The number of hydrogen-bond acceptors (Lipinski definition) is 3. The lowest BCUT2D eigenvalue weighted by Crippen LogP contribution is -2.44. The average molecular weight is 282 g/mol. The zero-order chi connectivity index (χ0) is 15.3. The van der Waals surface area contributed by atoms with Gasteiger partial charge >= 0.3 is 0 Å². The molecule has 0 heterocycles. The van der Waals surface area contributed by atoms with E-state index >= 15 is 0 Å². The Morgan fingerprint density at radius 2 is 2.00 bits per heavy atom. The first kappa shape index (κ1) is 16.4. The number of nitrogens with one attached hydrogen (secondary N) is 2. The Morgan fingerprint density at radius 3 is 2.50 bits per heavy atom. The molecule has 0 saturated carbocycles. The smallest absolute Gasteiger partial charge is 0.236 e. The third-order valence-electron chi connectivity index (χ3n) is 3.17. The van der Waals surface area contributed by atoms with Gasteiger partial charge in [-0.2, -0.15) is 0 Å². The summed E-state index contributed by atoms with van der Waals surface area (Å²) in [6.45, 7) is 5.86. The second-order valence-corrected chi connectivity index (χ2v) is 5.39. The molecule has 1 aromatic carbocycles. The van der Waals surface area contributed by atoms with Gasteiger partial charge in [-0.3, -0.25) is 10.1 Å². The molecule has 5 heteroatoms. The summed E-state index contributed by atoms with van der Waals surface area (Å²) in [4.78, 5) is 11.8. The number of amides is 1. The molecule has 0 aliphatic rings. The third-order valence-corrected chi connectivity index (χ3v) is 3.17. The van der Waals surface area contributed by atoms with Crippen molar-refractivity contribution in [3.05, 3.63) is 29.6 Å². The summed E-state index contributed by atoms with van der Waals surface area (Å²) in [5, 5.41) is 15.0. The third kappa shape index (κ3) is 4.49. The SMILES string of the molecule is CNC(=O)C(CC(C)C)NC(C)c1ccc(O)cc1F. The van der Waals surface area contributed by atoms with Gasteiger partial charge in [0.25, 0.3) is 0 Å². The van der Waals surface area contributed by atoms with Crippen molar-refractivity contribution >= 4 is 5.91 Å². The molecule has 1 rings (SSSR count). The summed E-state index contributed by atoms with van der Waals surface area (Å²) in [6, 6.07) is 3.34. The van der Waals surface area contributed by atoms with Gasteiger partial charge in [-0.05, 0) is 25.3 Å². The molecule has 0 fully saturated rings. The number of carbonyl (C=O) groups is 1. The van der Waals surface area contributed by atoms with E-state index in [4.69, 9.17) is 0 Å². The van der Waals surface area contributed by atoms with Crippen LogP contribution in [0.15, 0.2) is 18.2 Å². The highest BCUT2D eigenvalue weighted by Gasteiger charge is 2.22. The molecular weight excluding hydrogens is 259 g/mol. The first-order valence-corrected chi connectivity index (χ1v) is 6.81. The fourth-order valence-corrected chi connectivity index (χ4v) is 2.16. The van der Waals surface area contributed by atoms with Crippen LogP contribution < -0.4 is 10.6 Å². The summed E-state index contributed by atoms with van der Waals surface area (Å²) in [5.74, 6) is -0.347. The molecule has 0 spiro atoms. The zero-order valence-corrected chi connectivity index (χ0v) is 12.4. The van der Waals surface area contributed by atoms with Crippen molar-refractivity contribution in [2.24, 2.45) is 5.92 Å². The molecule has 0 aromatic heterocycles. The second-order valence-electron chi connectivity index (χ2n) is 5.39. The van der Waals surface area contributed by atoms with E-state index in [0.717, 1.165) is 6.07 Å². The van der Waals surface area contributed by atoms with E-state index in [1.165, 1.54) is 12.1 Å². The maximum atomic E-state index is 13.8. The molecule has 0 aliphatic heterocycles. The Balaban J connectivity index is 2.84. The van der Waals surface area contributed by atoms with Gasteiger partial charge in [0, 0.05) is 24.7 Å². The highest BCUT2D eigenvalue weighted by molar-refractivity contribution is 5.81. The molecule has 4 nitrogen and oxygen atoms in total. The highest BCUT2D eigenvalue weighted by Crippen LogP contribution is 2.22. The van der Waals surface area contributed by atoms with E-state index < -0.39 is 5.82 Å². The van der Waals surface area contributed by atoms with Crippen LogP contribution in [0, 0.1) is 11.7 Å². The first-order chi connectivity index (χ1) is 9.35. The molecule has 0 aliphatic carbocycles. The van der Waals surface area contributed by atoms with Gasteiger partial charge in [0.2, 0.25) is 5.91 Å². The van der Waals surface area contributed by atoms with Crippen LogP contribution in [0.3, 0.4) is 0 Å². The van der Waals surface area contributed by atoms with E-state index in [9.17, 15) is 14.3 Å². The van der Waals surface area contributed by atoms with Crippen molar-refractivity contribution in [2.45, 2.75) is 39.3 Å². The van der Waals surface area contributed by atoms with Crippen LogP contribution in [0.25, 0.3) is 0 Å². The number of carbonyl (C=O) groups excluding carboxylic acids is 1. The number of rotatable bonds is 6. The standard InChI is InChI=1S/C15H23FN2O2/c1-9(2)7-14(15(20)17-4)18-10(3)12-6-5-11(19)8-13(12)16/h5-6,8-10,14,18-19H,7H2,1-4H3,(H,17,20). The number of phenols is 1. The van der Waals surface area contributed by atoms with Crippen molar-refractivity contribution in [3.8, 4) is 5.75 Å². The van der Waals surface area contributed by atoms with Crippen molar-refractivity contribution < 1.29 is 14.3 Å². The maximum Gasteiger partial charge on any atom is 0.236 e. The molecule has 20 heavy (non-hydrogen) atoms. The van der Waals surface area contributed by atoms with Gasteiger partial charge in [-0.1, -0.05) is 19.9 Å². The molecule has 0 bridgehead atoms. The fourth-order valence-electron chi connectivity index (χ4n) is 2.16. The van der Waals surface area contributed by atoms with Gasteiger partial charge in [0.15, 0.2) is 0 Å². The Hall–Kier alpha value is -1.62. The van der Waals surface area contributed by atoms with Crippen LogP contribution in [-0.2, 0) is 4.79 Å². The lowest BCUT2D eigenvalue weighted by Gasteiger charge is -2.24. The maximum absolute atomic E-state index is 13.8. The van der Waals surface area contributed by atoms with Gasteiger partial charge < -0.3 is 10.4 Å². The predicted molar refractivity (Wildman–Crippen MR) is 76.9 cm³/mol. The first-order valence-electron chi connectivity index (χ1n) is 6.81. The van der Waals surface area contributed by atoms with Crippen molar-refractivity contribution in [1.29, 1.82) is 0 Å². The molecule has 112 valence electrons. The number of aromatic hydroxyl groups is 1. The quantitative estimate of drug-likeness (QED) is 0.750. The Labute approximate surface area is 119 Å². The molecule has 3 N–H and O–H groups in total. The molecule has 2 unspecified atom stereocenters.